The number of aliphatic hydroxyl groups is 1. The zero-order valence-electron chi connectivity index (χ0n) is 17.3. The molecule has 0 bridgehead atoms. The van der Waals surface area contributed by atoms with E-state index < -0.39 is 41.3 Å². The Bertz CT molecular complexity index is 831. The second-order valence-electron chi connectivity index (χ2n) is 8.33. The van der Waals surface area contributed by atoms with E-state index >= 15 is 0 Å². The van der Waals surface area contributed by atoms with E-state index in [1.165, 1.54) is 26.0 Å². The van der Waals surface area contributed by atoms with Crippen LogP contribution in [0, 0.1) is 5.92 Å². The third-order valence-corrected chi connectivity index (χ3v) is 6.49. The molecule has 1 fully saturated rings. The van der Waals surface area contributed by atoms with Crippen molar-refractivity contribution in [2.24, 2.45) is 5.92 Å². The average molecular weight is 406 g/mol. The first kappa shape index (κ1) is 21.3. The molecule has 0 aromatic rings. The van der Waals surface area contributed by atoms with Crippen LogP contribution in [0.1, 0.15) is 27.2 Å². The maximum atomic E-state index is 12.9. The molecule has 0 aromatic heterocycles. The topological polar surface area (TPSA) is 99.1 Å². The molecule has 8 heteroatoms. The molecule has 5 atom stereocenters. The highest BCUT2D eigenvalue weighted by Gasteiger charge is 2.65. The summed E-state index contributed by atoms with van der Waals surface area (Å²) in [6.45, 7) is 8.88. The second kappa shape index (κ2) is 7.11. The number of esters is 3. The predicted octanol–water partition coefficient (Wildman–Crippen LogP) is 1.00. The molecule has 3 rings (SSSR count). The molecule has 0 amide bonds. The Morgan fingerprint density at radius 1 is 1.45 bits per heavy atom. The molecule has 29 heavy (non-hydrogen) atoms. The molecule has 0 saturated carbocycles. The van der Waals surface area contributed by atoms with Gasteiger partial charge < -0.3 is 19.3 Å². The zero-order chi connectivity index (χ0) is 21.6. The lowest BCUT2D eigenvalue weighted by molar-refractivity contribution is -0.955. The van der Waals surface area contributed by atoms with Crippen LogP contribution < -0.4 is 0 Å². The minimum absolute atomic E-state index is 0.123. The number of hydrogen-bond donors (Lipinski definition) is 1. The minimum Gasteiger partial charge on any atom is -0.458 e. The highest BCUT2D eigenvalue weighted by Crippen LogP contribution is 2.45. The SMILES string of the molecule is C=CC1=C[C@H](C)[C@](C)(OC(C)=O)C(=O)OCC2=CC[N+]3(C)CC[C@@H](OC1=O)[C@@]23O. The van der Waals surface area contributed by atoms with Crippen molar-refractivity contribution in [2.45, 2.75) is 44.6 Å². The van der Waals surface area contributed by atoms with Crippen molar-refractivity contribution in [1.29, 1.82) is 0 Å². The smallest absolute Gasteiger partial charge is 0.351 e. The molecule has 1 unspecified atom stereocenters. The molecule has 0 aromatic carbocycles. The van der Waals surface area contributed by atoms with Crippen molar-refractivity contribution >= 4 is 17.9 Å². The summed E-state index contributed by atoms with van der Waals surface area (Å²) < 4.78 is 16.8. The molecule has 0 aliphatic carbocycles. The first-order valence-corrected chi connectivity index (χ1v) is 9.66. The number of quaternary nitrogens is 1. The van der Waals surface area contributed by atoms with Gasteiger partial charge in [0.05, 0.1) is 24.7 Å². The molecule has 0 radical (unpaired) electrons. The van der Waals surface area contributed by atoms with Gasteiger partial charge in [0.15, 0.2) is 6.10 Å². The van der Waals surface area contributed by atoms with Gasteiger partial charge in [-0.05, 0) is 13.0 Å². The van der Waals surface area contributed by atoms with E-state index in [9.17, 15) is 19.5 Å². The maximum Gasteiger partial charge on any atom is 0.351 e. The Morgan fingerprint density at radius 2 is 2.14 bits per heavy atom. The highest BCUT2D eigenvalue weighted by molar-refractivity contribution is 5.92. The largest absolute Gasteiger partial charge is 0.458 e. The van der Waals surface area contributed by atoms with E-state index in [-0.39, 0.29) is 16.7 Å². The first-order valence-electron chi connectivity index (χ1n) is 9.66. The normalized spacial score (nSPS) is 39.8. The van der Waals surface area contributed by atoms with E-state index in [1.807, 2.05) is 13.1 Å². The third-order valence-electron chi connectivity index (χ3n) is 6.49. The van der Waals surface area contributed by atoms with E-state index in [2.05, 4.69) is 6.58 Å². The van der Waals surface area contributed by atoms with Crippen LogP contribution in [0.2, 0.25) is 0 Å². The standard InChI is InChI=1S/C21H28NO7/c1-6-15-11-13(2)20(4,29-14(3)23)19(25)27-12-16-7-9-22(5)10-8-17(21(16,22)26)28-18(15)24/h6-7,11,13,17,26H,1,8-10,12H2,2-5H3/q+1/t13-,17+,20-,21-,22?/m0/s1. The summed E-state index contributed by atoms with van der Waals surface area (Å²) in [5.41, 5.74) is -2.54. The molecular formula is C21H28NO7+. The van der Waals surface area contributed by atoms with Crippen LogP contribution in [0.3, 0.4) is 0 Å². The third kappa shape index (κ3) is 3.20. The van der Waals surface area contributed by atoms with Crippen LogP contribution in [0.5, 0.6) is 0 Å². The van der Waals surface area contributed by atoms with Gasteiger partial charge in [-0.25, -0.2) is 9.59 Å². The summed E-state index contributed by atoms with van der Waals surface area (Å²) in [4.78, 5) is 37.4. The van der Waals surface area contributed by atoms with Gasteiger partial charge in [0.2, 0.25) is 5.60 Å². The van der Waals surface area contributed by atoms with E-state index in [4.69, 9.17) is 14.2 Å². The molecule has 3 aliphatic heterocycles. The van der Waals surface area contributed by atoms with Gasteiger partial charge in [-0.2, -0.15) is 0 Å². The number of nitrogens with zero attached hydrogens (tertiary/aromatic N) is 1. The number of ether oxygens (including phenoxy) is 3. The second-order valence-corrected chi connectivity index (χ2v) is 8.33. The molecule has 3 heterocycles. The van der Waals surface area contributed by atoms with Crippen molar-refractivity contribution in [2.75, 3.05) is 26.7 Å². The van der Waals surface area contributed by atoms with Gasteiger partial charge in [-0.15, -0.1) is 0 Å². The Balaban J connectivity index is 2.08. The quantitative estimate of drug-likeness (QED) is 0.316. The van der Waals surface area contributed by atoms with E-state index in [0.29, 0.717) is 25.1 Å². The Hall–Kier alpha value is -2.45. The Labute approximate surface area is 170 Å². The fourth-order valence-electron chi connectivity index (χ4n) is 4.42. The average Bonchev–Trinajstić information content (AvgIpc) is 3.04. The fraction of sp³-hybridized carbons (Fsp3) is 0.571. The van der Waals surface area contributed by atoms with E-state index in [0.717, 1.165) is 0 Å². The first-order chi connectivity index (χ1) is 13.5. The van der Waals surface area contributed by atoms with Gasteiger partial charge in [-0.1, -0.05) is 25.7 Å². The summed E-state index contributed by atoms with van der Waals surface area (Å²) in [7, 11) is 1.88. The molecule has 8 nitrogen and oxygen atoms in total. The summed E-state index contributed by atoms with van der Waals surface area (Å²) >= 11 is 0. The minimum atomic E-state index is -1.66. The molecule has 158 valence electrons. The van der Waals surface area contributed by atoms with Gasteiger partial charge in [0.25, 0.3) is 5.72 Å². The van der Waals surface area contributed by atoms with Crippen LogP contribution in [-0.4, -0.2) is 71.7 Å². The van der Waals surface area contributed by atoms with Crippen molar-refractivity contribution in [3.8, 4) is 0 Å². The van der Waals surface area contributed by atoms with Gasteiger partial charge >= 0.3 is 17.9 Å². The van der Waals surface area contributed by atoms with Crippen LogP contribution in [0.25, 0.3) is 0 Å². The van der Waals surface area contributed by atoms with E-state index in [1.54, 1.807) is 6.92 Å². The number of carbonyl (C=O) groups is 3. The zero-order valence-corrected chi connectivity index (χ0v) is 17.3. The Morgan fingerprint density at radius 3 is 2.76 bits per heavy atom. The lowest BCUT2D eigenvalue weighted by Crippen LogP contribution is -2.61. The van der Waals surface area contributed by atoms with Crippen LogP contribution in [-0.2, 0) is 28.6 Å². The number of hydrogen-bond acceptors (Lipinski definition) is 7. The Kier molecular flexibility index (Phi) is 5.21. The molecule has 1 saturated heterocycles. The molecular weight excluding hydrogens is 378 g/mol. The molecule has 0 spiro atoms. The number of likely N-dealkylation sites (N-methyl/N-ethyl adjacent to an activating group) is 1. The summed E-state index contributed by atoms with van der Waals surface area (Å²) in [6.07, 6.45) is 4.32. The van der Waals surface area contributed by atoms with Crippen LogP contribution >= 0.6 is 0 Å². The number of carbonyl (C=O) groups excluding carboxylic acids is 3. The number of cyclic esters (lactones) is 1. The number of rotatable bonds is 2. The van der Waals surface area contributed by atoms with Crippen LogP contribution in [0.4, 0.5) is 0 Å². The highest BCUT2D eigenvalue weighted by atomic mass is 16.6. The summed E-state index contributed by atoms with van der Waals surface area (Å²) in [5.74, 6) is -2.75. The maximum absolute atomic E-state index is 12.9. The van der Waals surface area contributed by atoms with Crippen molar-refractivity contribution < 1.29 is 38.2 Å². The van der Waals surface area contributed by atoms with Crippen LogP contribution in [0.15, 0.2) is 36.0 Å². The lowest BCUT2D eigenvalue weighted by Gasteiger charge is -2.40. The van der Waals surface area contributed by atoms with Gasteiger partial charge in [-0.3, -0.25) is 9.28 Å². The predicted molar refractivity (Wildman–Crippen MR) is 102 cm³/mol. The molecule has 3 aliphatic rings. The van der Waals surface area contributed by atoms with Crippen molar-refractivity contribution in [3.05, 3.63) is 36.0 Å². The van der Waals surface area contributed by atoms with Gasteiger partial charge in [0.1, 0.15) is 13.2 Å². The lowest BCUT2D eigenvalue weighted by atomic mass is 9.88. The molecule has 1 N–H and O–H groups in total. The van der Waals surface area contributed by atoms with Gasteiger partial charge in [0, 0.05) is 19.3 Å². The fourth-order valence-corrected chi connectivity index (χ4v) is 4.42. The van der Waals surface area contributed by atoms with Crippen molar-refractivity contribution in [1.82, 2.24) is 0 Å². The summed E-state index contributed by atoms with van der Waals surface area (Å²) in [6, 6.07) is 0. The van der Waals surface area contributed by atoms with Crippen molar-refractivity contribution in [3.63, 3.8) is 0 Å². The summed E-state index contributed by atoms with van der Waals surface area (Å²) in [5, 5.41) is 11.5. The monoisotopic (exact) mass is 406 g/mol.